The number of fused-ring (bicyclic) bond motifs is 5. The van der Waals surface area contributed by atoms with Crippen LogP contribution in [-0.2, 0) is 9.59 Å². The van der Waals surface area contributed by atoms with Gasteiger partial charge in [-0.1, -0.05) is 19.4 Å². The molecule has 22 heavy (non-hydrogen) atoms. The molecule has 0 radical (unpaired) electrons. The van der Waals surface area contributed by atoms with Crippen LogP contribution in [0.2, 0.25) is 0 Å². The van der Waals surface area contributed by atoms with Gasteiger partial charge in [-0.15, -0.1) is 0 Å². The molecule has 4 rings (SSSR count). The number of Topliss-reactive ketones (excluding diaryl/α,β-unsaturated/α-hetero) is 1. The quantitative estimate of drug-likeness (QED) is 0.693. The number of allylic oxidation sites excluding steroid dienone is 3. The SMILES string of the molecule is C[C@@]12CCC[C@H]1[C@@H]1CC=C3C(O)=CC(=O)C(=O)[C@]3(C)[C@H]1CC2. The van der Waals surface area contributed by atoms with Crippen LogP contribution in [0.1, 0.15) is 52.4 Å². The van der Waals surface area contributed by atoms with Gasteiger partial charge in [0.2, 0.25) is 11.6 Å². The number of carbonyl (C=O) groups is 2. The van der Waals surface area contributed by atoms with Crippen molar-refractivity contribution in [1.82, 2.24) is 0 Å². The molecule has 2 saturated carbocycles. The van der Waals surface area contributed by atoms with Crippen molar-refractivity contribution in [3.8, 4) is 0 Å². The highest BCUT2D eigenvalue weighted by molar-refractivity contribution is 6.45. The Morgan fingerprint density at radius 2 is 1.91 bits per heavy atom. The Morgan fingerprint density at radius 1 is 1.14 bits per heavy atom. The zero-order chi connectivity index (χ0) is 15.7. The van der Waals surface area contributed by atoms with E-state index in [1.165, 1.54) is 19.3 Å². The summed E-state index contributed by atoms with van der Waals surface area (Å²) in [7, 11) is 0. The summed E-state index contributed by atoms with van der Waals surface area (Å²) in [5.74, 6) is 0.529. The van der Waals surface area contributed by atoms with Crippen LogP contribution in [-0.4, -0.2) is 16.7 Å². The van der Waals surface area contributed by atoms with E-state index in [0.717, 1.165) is 25.3 Å². The normalized spacial score (nSPS) is 47.3. The Hall–Kier alpha value is -1.38. The van der Waals surface area contributed by atoms with E-state index in [0.29, 0.717) is 22.8 Å². The molecule has 0 aliphatic heterocycles. The van der Waals surface area contributed by atoms with Crippen LogP contribution in [0.5, 0.6) is 0 Å². The smallest absolute Gasteiger partial charge is 0.226 e. The van der Waals surface area contributed by atoms with E-state index < -0.39 is 11.2 Å². The van der Waals surface area contributed by atoms with Crippen molar-refractivity contribution in [3.63, 3.8) is 0 Å². The Bertz CT molecular complexity index is 629. The largest absolute Gasteiger partial charge is 0.508 e. The van der Waals surface area contributed by atoms with Crippen molar-refractivity contribution in [2.45, 2.75) is 52.4 Å². The third-order valence-corrected chi connectivity index (χ3v) is 7.35. The predicted molar refractivity (Wildman–Crippen MR) is 83.2 cm³/mol. The van der Waals surface area contributed by atoms with Crippen molar-refractivity contribution >= 4 is 11.6 Å². The predicted octanol–water partition coefficient (Wildman–Crippen LogP) is 3.75. The second-order valence-corrected chi connectivity index (χ2v) is 8.24. The van der Waals surface area contributed by atoms with Crippen LogP contribution in [0.25, 0.3) is 0 Å². The maximum absolute atomic E-state index is 12.7. The fraction of sp³-hybridized carbons (Fsp3) is 0.684. The van der Waals surface area contributed by atoms with E-state index >= 15 is 0 Å². The second kappa shape index (κ2) is 4.33. The van der Waals surface area contributed by atoms with Crippen LogP contribution in [0.15, 0.2) is 23.5 Å². The van der Waals surface area contributed by atoms with E-state index in [9.17, 15) is 14.7 Å². The van der Waals surface area contributed by atoms with Crippen LogP contribution < -0.4 is 0 Å². The average molecular weight is 300 g/mol. The molecule has 4 aliphatic rings. The van der Waals surface area contributed by atoms with Gasteiger partial charge in [-0.05, 0) is 62.2 Å². The summed E-state index contributed by atoms with van der Waals surface area (Å²) in [4.78, 5) is 24.7. The molecule has 118 valence electrons. The third kappa shape index (κ3) is 1.57. The molecule has 3 heteroatoms. The molecular weight excluding hydrogens is 276 g/mol. The van der Waals surface area contributed by atoms with Gasteiger partial charge in [0.25, 0.3) is 0 Å². The molecule has 0 bridgehead atoms. The molecular formula is C19H24O3. The summed E-state index contributed by atoms with van der Waals surface area (Å²) in [6, 6.07) is 0. The first-order valence-corrected chi connectivity index (χ1v) is 8.58. The lowest BCUT2D eigenvalue weighted by Gasteiger charge is -2.54. The third-order valence-electron chi connectivity index (χ3n) is 7.35. The number of hydrogen-bond acceptors (Lipinski definition) is 3. The Morgan fingerprint density at radius 3 is 2.68 bits per heavy atom. The minimum absolute atomic E-state index is 0.0188. The lowest BCUT2D eigenvalue weighted by atomic mass is 9.48. The number of aliphatic hydroxyl groups is 1. The lowest BCUT2D eigenvalue weighted by molar-refractivity contribution is -0.144. The van der Waals surface area contributed by atoms with Crippen LogP contribution in [0.3, 0.4) is 0 Å². The van der Waals surface area contributed by atoms with E-state index in [4.69, 9.17) is 0 Å². The molecule has 0 aromatic rings. The standard InChI is InChI=1S/C19H24O3/c1-18-8-3-4-12(18)11-5-6-14-15(20)10-16(21)17(22)19(14,2)13(11)7-9-18/h6,10-13,20H,3-5,7-9H2,1-2H3/t11-,12-,13-,18-,19+/m0/s1. The first kappa shape index (κ1) is 14.2. The van der Waals surface area contributed by atoms with Crippen LogP contribution >= 0.6 is 0 Å². The number of carbonyl (C=O) groups excluding carboxylic acids is 2. The van der Waals surface area contributed by atoms with E-state index in [1.54, 1.807) is 0 Å². The molecule has 0 saturated heterocycles. The van der Waals surface area contributed by atoms with Crippen molar-refractivity contribution in [2.24, 2.45) is 28.6 Å². The van der Waals surface area contributed by atoms with Gasteiger partial charge >= 0.3 is 0 Å². The van der Waals surface area contributed by atoms with Crippen LogP contribution in [0.4, 0.5) is 0 Å². The molecule has 0 heterocycles. The number of ketones is 2. The monoisotopic (exact) mass is 300 g/mol. The molecule has 3 nitrogen and oxygen atoms in total. The fourth-order valence-electron chi connectivity index (χ4n) is 6.18. The molecule has 0 spiro atoms. The second-order valence-electron chi connectivity index (χ2n) is 8.24. The molecule has 0 aromatic carbocycles. The summed E-state index contributed by atoms with van der Waals surface area (Å²) in [5, 5.41) is 10.2. The highest BCUT2D eigenvalue weighted by Gasteiger charge is 2.59. The topological polar surface area (TPSA) is 54.4 Å². The minimum Gasteiger partial charge on any atom is -0.508 e. The molecule has 2 fully saturated rings. The van der Waals surface area contributed by atoms with E-state index in [-0.39, 0.29) is 17.5 Å². The molecule has 0 aromatic heterocycles. The molecule has 0 amide bonds. The van der Waals surface area contributed by atoms with Crippen molar-refractivity contribution in [2.75, 3.05) is 0 Å². The summed E-state index contributed by atoms with van der Waals surface area (Å²) in [5.41, 5.74) is 0.325. The highest BCUT2D eigenvalue weighted by atomic mass is 16.3. The van der Waals surface area contributed by atoms with E-state index in [1.807, 2.05) is 13.0 Å². The van der Waals surface area contributed by atoms with Gasteiger partial charge in [0.1, 0.15) is 5.76 Å². The maximum Gasteiger partial charge on any atom is 0.226 e. The van der Waals surface area contributed by atoms with Gasteiger partial charge in [-0.3, -0.25) is 9.59 Å². The summed E-state index contributed by atoms with van der Waals surface area (Å²) >= 11 is 0. The lowest BCUT2D eigenvalue weighted by Crippen LogP contribution is -2.53. The maximum atomic E-state index is 12.7. The van der Waals surface area contributed by atoms with Crippen molar-refractivity contribution in [3.05, 3.63) is 23.5 Å². The molecule has 4 aliphatic carbocycles. The summed E-state index contributed by atoms with van der Waals surface area (Å²) < 4.78 is 0. The highest BCUT2D eigenvalue weighted by Crippen LogP contribution is 2.63. The van der Waals surface area contributed by atoms with Gasteiger partial charge in [-0.2, -0.15) is 0 Å². The van der Waals surface area contributed by atoms with Gasteiger partial charge in [0, 0.05) is 11.6 Å². The average Bonchev–Trinajstić information content (AvgIpc) is 2.87. The van der Waals surface area contributed by atoms with Gasteiger partial charge in [-0.25, -0.2) is 0 Å². The summed E-state index contributed by atoms with van der Waals surface area (Å²) in [6.07, 6.45) is 10.1. The minimum atomic E-state index is -0.803. The number of rotatable bonds is 0. The summed E-state index contributed by atoms with van der Waals surface area (Å²) in [6.45, 7) is 4.31. The zero-order valence-electron chi connectivity index (χ0n) is 13.4. The Labute approximate surface area is 131 Å². The number of aliphatic hydroxyl groups excluding tert-OH is 1. The molecule has 0 unspecified atom stereocenters. The van der Waals surface area contributed by atoms with Gasteiger partial charge in [0.05, 0.1) is 5.41 Å². The first-order valence-electron chi connectivity index (χ1n) is 8.58. The first-order chi connectivity index (χ1) is 10.4. The number of hydrogen-bond donors (Lipinski definition) is 1. The van der Waals surface area contributed by atoms with Crippen molar-refractivity contribution < 1.29 is 14.7 Å². The van der Waals surface area contributed by atoms with Gasteiger partial charge in [0.15, 0.2) is 0 Å². The van der Waals surface area contributed by atoms with Crippen LogP contribution in [0, 0.1) is 28.6 Å². The zero-order valence-corrected chi connectivity index (χ0v) is 13.4. The fourth-order valence-corrected chi connectivity index (χ4v) is 6.18. The van der Waals surface area contributed by atoms with Gasteiger partial charge < -0.3 is 5.11 Å². The molecule has 1 N–H and O–H groups in total. The molecule has 5 atom stereocenters. The Balaban J connectivity index is 1.82. The van der Waals surface area contributed by atoms with Crippen molar-refractivity contribution in [1.29, 1.82) is 0 Å². The van der Waals surface area contributed by atoms with E-state index in [2.05, 4.69) is 6.92 Å². The Kier molecular flexibility index (Phi) is 2.80.